The molecule has 2 aromatic rings. The van der Waals surface area contributed by atoms with Gasteiger partial charge in [0.1, 0.15) is 17.8 Å². The molecule has 0 aliphatic heterocycles. The SMILES string of the molecule is Cc1ccc(C[S+](C)c2ccc(O)cc2)cc1.FC(F)F. The average Bonchev–Trinajstić information content (AvgIpc) is 2.41. The van der Waals surface area contributed by atoms with Gasteiger partial charge in [0.05, 0.1) is 0 Å². The van der Waals surface area contributed by atoms with Crippen LogP contribution in [0.15, 0.2) is 53.4 Å². The van der Waals surface area contributed by atoms with Crippen molar-refractivity contribution in [1.82, 2.24) is 0 Å². The number of benzene rings is 2. The van der Waals surface area contributed by atoms with E-state index in [1.807, 2.05) is 12.1 Å². The number of alkyl halides is 3. The molecule has 0 aromatic heterocycles. The Hall–Kier alpha value is -1.62. The minimum atomic E-state index is -3.67. The molecule has 0 spiro atoms. The third-order valence-electron chi connectivity index (χ3n) is 2.74. The van der Waals surface area contributed by atoms with Crippen LogP contribution in [0.4, 0.5) is 13.2 Å². The van der Waals surface area contributed by atoms with Gasteiger partial charge in [-0.05, 0) is 31.2 Å². The lowest BCUT2D eigenvalue weighted by molar-refractivity contribution is 0.00819. The van der Waals surface area contributed by atoms with Crippen LogP contribution in [0.25, 0.3) is 0 Å². The van der Waals surface area contributed by atoms with Gasteiger partial charge in [-0.1, -0.05) is 29.8 Å². The number of aromatic hydroxyl groups is 1. The third-order valence-corrected chi connectivity index (χ3v) is 4.59. The van der Waals surface area contributed by atoms with Gasteiger partial charge >= 0.3 is 6.68 Å². The quantitative estimate of drug-likeness (QED) is 0.815. The highest BCUT2D eigenvalue weighted by atomic mass is 32.2. The molecule has 0 aliphatic rings. The van der Waals surface area contributed by atoms with Gasteiger partial charge in [0.15, 0.2) is 4.90 Å². The van der Waals surface area contributed by atoms with E-state index in [0.29, 0.717) is 5.75 Å². The number of aryl methyl sites for hydroxylation is 1. The fourth-order valence-corrected chi connectivity index (χ4v) is 3.16. The Labute approximate surface area is 125 Å². The monoisotopic (exact) mass is 315 g/mol. The first kappa shape index (κ1) is 17.4. The molecule has 0 radical (unpaired) electrons. The summed E-state index contributed by atoms with van der Waals surface area (Å²) in [7, 11) is 0.190. The summed E-state index contributed by atoms with van der Waals surface area (Å²) in [6.07, 6.45) is 2.24. The average molecular weight is 315 g/mol. The number of rotatable bonds is 3. The van der Waals surface area contributed by atoms with Crippen molar-refractivity contribution in [3.63, 3.8) is 0 Å². The summed E-state index contributed by atoms with van der Waals surface area (Å²) in [4.78, 5) is 1.29. The molecule has 114 valence electrons. The third kappa shape index (κ3) is 7.09. The second-order valence-corrected chi connectivity index (χ2v) is 6.54. The van der Waals surface area contributed by atoms with Crippen molar-refractivity contribution in [3.8, 4) is 5.75 Å². The Morgan fingerprint density at radius 2 is 1.43 bits per heavy atom. The number of phenolic OH excluding ortho intramolecular Hbond substituents is 1. The van der Waals surface area contributed by atoms with E-state index in [1.54, 1.807) is 12.1 Å². The molecule has 1 N–H and O–H groups in total. The highest BCUT2D eigenvalue weighted by Gasteiger charge is 2.15. The predicted octanol–water partition coefficient (Wildman–Crippen LogP) is 4.69. The fourth-order valence-electron chi connectivity index (χ4n) is 1.70. The molecular weight excluding hydrogens is 297 g/mol. The van der Waals surface area contributed by atoms with Crippen molar-refractivity contribution >= 4 is 10.9 Å². The van der Waals surface area contributed by atoms with Crippen LogP contribution in [0.3, 0.4) is 0 Å². The van der Waals surface area contributed by atoms with Crippen molar-refractivity contribution in [2.45, 2.75) is 24.3 Å². The van der Waals surface area contributed by atoms with Crippen LogP contribution in [-0.2, 0) is 16.6 Å². The van der Waals surface area contributed by atoms with E-state index >= 15 is 0 Å². The molecule has 0 saturated carbocycles. The van der Waals surface area contributed by atoms with Crippen molar-refractivity contribution in [2.24, 2.45) is 0 Å². The first-order valence-electron chi connectivity index (χ1n) is 6.28. The molecule has 2 rings (SSSR count). The summed E-state index contributed by atoms with van der Waals surface area (Å²) < 4.78 is 29.0. The van der Waals surface area contributed by atoms with Crippen LogP contribution in [-0.4, -0.2) is 18.0 Å². The Morgan fingerprint density at radius 1 is 0.952 bits per heavy atom. The lowest BCUT2D eigenvalue weighted by Crippen LogP contribution is -2.03. The highest BCUT2D eigenvalue weighted by Crippen LogP contribution is 2.19. The number of halogens is 3. The molecule has 21 heavy (non-hydrogen) atoms. The summed E-state index contributed by atoms with van der Waals surface area (Å²) in [5, 5.41) is 9.26. The van der Waals surface area contributed by atoms with Gasteiger partial charge in [-0.25, -0.2) is 0 Å². The maximum absolute atomic E-state index is 9.67. The molecule has 0 amide bonds. The Kier molecular flexibility index (Phi) is 7.15. The Morgan fingerprint density at radius 3 is 1.90 bits per heavy atom. The number of hydrogen-bond acceptors (Lipinski definition) is 1. The molecular formula is C16H18F3OS+. The van der Waals surface area contributed by atoms with E-state index < -0.39 is 6.68 Å². The zero-order valence-electron chi connectivity index (χ0n) is 11.9. The molecule has 1 atom stereocenters. The van der Waals surface area contributed by atoms with E-state index in [2.05, 4.69) is 37.4 Å². The summed E-state index contributed by atoms with van der Waals surface area (Å²) >= 11 is 0. The lowest BCUT2D eigenvalue weighted by Gasteiger charge is -2.04. The zero-order valence-corrected chi connectivity index (χ0v) is 12.7. The molecule has 0 aliphatic carbocycles. The van der Waals surface area contributed by atoms with Crippen LogP contribution in [0.5, 0.6) is 5.75 Å². The van der Waals surface area contributed by atoms with Gasteiger partial charge < -0.3 is 5.11 Å². The maximum Gasteiger partial charge on any atom is 0.379 e. The van der Waals surface area contributed by atoms with E-state index in [9.17, 15) is 18.3 Å². The van der Waals surface area contributed by atoms with Gasteiger partial charge in [0.25, 0.3) is 0 Å². The van der Waals surface area contributed by atoms with Crippen LogP contribution in [0, 0.1) is 6.92 Å². The van der Waals surface area contributed by atoms with Crippen LogP contribution in [0.1, 0.15) is 11.1 Å². The van der Waals surface area contributed by atoms with E-state index in [-0.39, 0.29) is 10.9 Å². The molecule has 1 nitrogen and oxygen atoms in total. The Bertz CT molecular complexity index is 523. The molecule has 0 bridgehead atoms. The number of phenols is 1. The van der Waals surface area contributed by atoms with Crippen LogP contribution >= 0.6 is 0 Å². The summed E-state index contributed by atoms with van der Waals surface area (Å²) in [5.74, 6) is 1.39. The number of hydrogen-bond donors (Lipinski definition) is 1. The largest absolute Gasteiger partial charge is 0.508 e. The predicted molar refractivity (Wildman–Crippen MR) is 81.7 cm³/mol. The zero-order chi connectivity index (χ0) is 15.8. The van der Waals surface area contributed by atoms with Gasteiger partial charge in [-0.2, -0.15) is 13.2 Å². The summed E-state index contributed by atoms with van der Waals surface area (Å²) in [5.41, 5.74) is 2.67. The molecule has 0 heterocycles. The minimum Gasteiger partial charge on any atom is -0.508 e. The molecule has 5 heteroatoms. The summed E-state index contributed by atoms with van der Waals surface area (Å²) in [6, 6.07) is 16.2. The van der Waals surface area contributed by atoms with E-state index in [4.69, 9.17) is 0 Å². The maximum atomic E-state index is 9.67. The second-order valence-electron chi connectivity index (χ2n) is 4.51. The van der Waals surface area contributed by atoms with Crippen molar-refractivity contribution < 1.29 is 18.3 Å². The van der Waals surface area contributed by atoms with Gasteiger partial charge in [-0.15, -0.1) is 0 Å². The molecule has 2 aromatic carbocycles. The van der Waals surface area contributed by atoms with Gasteiger partial charge in [0.2, 0.25) is 0 Å². The van der Waals surface area contributed by atoms with E-state index in [0.717, 1.165) is 5.75 Å². The van der Waals surface area contributed by atoms with E-state index in [1.165, 1.54) is 16.0 Å². The van der Waals surface area contributed by atoms with Gasteiger partial charge in [0, 0.05) is 16.5 Å². The minimum absolute atomic E-state index is 0.190. The van der Waals surface area contributed by atoms with Gasteiger partial charge in [-0.3, -0.25) is 0 Å². The molecule has 0 fully saturated rings. The standard InChI is InChI=1S/C15H16OS.CHF3/c1-12-3-5-13(6-4-12)11-17(2)15-9-7-14(16)8-10-15;2-1(3)4/h3-10H,11H2,1-2H3;1H/p+1. The second kappa shape index (κ2) is 8.62. The van der Waals surface area contributed by atoms with Crippen LogP contribution in [0.2, 0.25) is 0 Å². The molecule has 0 saturated heterocycles. The lowest BCUT2D eigenvalue weighted by atomic mass is 10.2. The normalized spacial score (nSPS) is 11.7. The van der Waals surface area contributed by atoms with Crippen LogP contribution < -0.4 is 0 Å². The Balaban J connectivity index is 0.000000491. The van der Waals surface area contributed by atoms with Crippen molar-refractivity contribution in [3.05, 3.63) is 59.7 Å². The van der Waals surface area contributed by atoms with Crippen molar-refractivity contribution in [1.29, 1.82) is 0 Å². The summed E-state index contributed by atoms with van der Waals surface area (Å²) in [6.45, 7) is -1.56. The molecule has 1 unspecified atom stereocenters. The smallest absolute Gasteiger partial charge is 0.379 e. The topological polar surface area (TPSA) is 20.2 Å². The van der Waals surface area contributed by atoms with Crippen molar-refractivity contribution in [2.75, 3.05) is 6.26 Å². The fraction of sp³-hybridized carbons (Fsp3) is 0.250. The highest BCUT2D eigenvalue weighted by molar-refractivity contribution is 7.95. The first-order valence-corrected chi connectivity index (χ1v) is 8.08. The first-order chi connectivity index (χ1) is 9.88.